The fourth-order valence-corrected chi connectivity index (χ4v) is 4.19. The van der Waals surface area contributed by atoms with Crippen molar-refractivity contribution >= 4 is 17.5 Å². The molecule has 0 bridgehead atoms. The molecule has 7 nitrogen and oxygen atoms in total. The first kappa shape index (κ1) is 23.0. The Morgan fingerprint density at radius 3 is 2.52 bits per heavy atom. The second kappa shape index (κ2) is 10.2. The van der Waals surface area contributed by atoms with E-state index in [9.17, 15) is 9.59 Å². The van der Waals surface area contributed by atoms with Gasteiger partial charge in [0.2, 0.25) is 11.2 Å². The zero-order valence-electron chi connectivity index (χ0n) is 18.7. The van der Waals surface area contributed by atoms with Crippen molar-refractivity contribution in [3.05, 3.63) is 92.2 Å². The number of hydrogen-bond donors (Lipinski definition) is 0. The van der Waals surface area contributed by atoms with Gasteiger partial charge < -0.3 is 14.1 Å². The number of aryl methyl sites for hydroxylation is 2. The van der Waals surface area contributed by atoms with Gasteiger partial charge in [-0.3, -0.25) is 14.5 Å². The van der Waals surface area contributed by atoms with Gasteiger partial charge in [0.15, 0.2) is 0 Å². The molecular formula is C25H26ClN3O4. The predicted octanol–water partition coefficient (Wildman–Crippen LogP) is 3.84. The molecule has 1 aliphatic heterocycles. The summed E-state index contributed by atoms with van der Waals surface area (Å²) in [6.45, 7) is 7.31. The van der Waals surface area contributed by atoms with Crippen LogP contribution >= 0.6 is 11.6 Å². The Hall–Kier alpha value is -3.16. The first-order valence-electron chi connectivity index (χ1n) is 10.8. The zero-order chi connectivity index (χ0) is 23.4. The summed E-state index contributed by atoms with van der Waals surface area (Å²) in [4.78, 5) is 33.0. The second-order valence-corrected chi connectivity index (χ2v) is 8.63. The maximum Gasteiger partial charge on any atom is 0.257 e. The number of amides is 1. The quantitative estimate of drug-likeness (QED) is 0.513. The zero-order valence-corrected chi connectivity index (χ0v) is 19.5. The second-order valence-electron chi connectivity index (χ2n) is 8.27. The third-order valence-corrected chi connectivity index (χ3v) is 5.86. The minimum Gasteiger partial charge on any atom is -0.482 e. The molecule has 172 valence electrons. The van der Waals surface area contributed by atoms with Crippen molar-refractivity contribution in [1.82, 2.24) is 14.8 Å². The summed E-state index contributed by atoms with van der Waals surface area (Å²) in [5, 5.41) is 0.214. The number of hydrogen-bond acceptors (Lipinski definition) is 6. The van der Waals surface area contributed by atoms with Gasteiger partial charge in [-0.25, -0.2) is 4.98 Å². The van der Waals surface area contributed by atoms with Gasteiger partial charge in [0.1, 0.15) is 23.8 Å². The van der Waals surface area contributed by atoms with Crippen LogP contribution in [-0.2, 0) is 13.2 Å². The van der Waals surface area contributed by atoms with Gasteiger partial charge in [0.25, 0.3) is 5.91 Å². The van der Waals surface area contributed by atoms with Gasteiger partial charge in [0, 0.05) is 38.4 Å². The van der Waals surface area contributed by atoms with Crippen LogP contribution in [0.3, 0.4) is 0 Å². The van der Waals surface area contributed by atoms with Crippen molar-refractivity contribution < 1.29 is 13.9 Å². The predicted molar refractivity (Wildman–Crippen MR) is 126 cm³/mol. The summed E-state index contributed by atoms with van der Waals surface area (Å²) < 4.78 is 11.4. The average Bonchev–Trinajstić information content (AvgIpc) is 2.78. The molecule has 3 heterocycles. The number of pyridine rings is 1. The van der Waals surface area contributed by atoms with E-state index in [1.807, 2.05) is 26.0 Å². The third-order valence-electron chi connectivity index (χ3n) is 5.56. The number of nitrogens with zero attached hydrogens (tertiary/aromatic N) is 3. The Morgan fingerprint density at radius 1 is 1.12 bits per heavy atom. The van der Waals surface area contributed by atoms with Crippen LogP contribution in [-0.4, -0.2) is 46.9 Å². The molecule has 0 aliphatic carbocycles. The van der Waals surface area contributed by atoms with Gasteiger partial charge >= 0.3 is 0 Å². The van der Waals surface area contributed by atoms with Crippen molar-refractivity contribution in [2.75, 3.05) is 26.2 Å². The van der Waals surface area contributed by atoms with E-state index in [0.717, 1.165) is 16.7 Å². The topological polar surface area (TPSA) is 75.9 Å². The monoisotopic (exact) mass is 467 g/mol. The highest BCUT2D eigenvalue weighted by Gasteiger charge is 2.24. The molecule has 33 heavy (non-hydrogen) atoms. The summed E-state index contributed by atoms with van der Waals surface area (Å²) in [7, 11) is 0. The summed E-state index contributed by atoms with van der Waals surface area (Å²) in [6, 6.07) is 11.0. The van der Waals surface area contributed by atoms with Crippen LogP contribution in [0.2, 0.25) is 5.15 Å². The molecule has 2 aromatic heterocycles. The van der Waals surface area contributed by atoms with Gasteiger partial charge in [-0.1, -0.05) is 40.9 Å². The van der Waals surface area contributed by atoms with Gasteiger partial charge in [-0.15, -0.1) is 0 Å². The van der Waals surface area contributed by atoms with E-state index in [-0.39, 0.29) is 22.2 Å². The SMILES string of the molecule is Cc1cc(C)cc(COc2coc(CN3CCN(C(=O)c4cccnc4Cl)CC3)cc2=O)c1. The Balaban J connectivity index is 1.31. The van der Waals surface area contributed by atoms with E-state index < -0.39 is 0 Å². The average molecular weight is 468 g/mol. The van der Waals surface area contributed by atoms with Crippen LogP contribution in [0, 0.1) is 13.8 Å². The lowest BCUT2D eigenvalue weighted by atomic mass is 10.1. The lowest BCUT2D eigenvalue weighted by molar-refractivity contribution is 0.0619. The van der Waals surface area contributed by atoms with Crippen molar-refractivity contribution in [2.45, 2.75) is 27.0 Å². The summed E-state index contributed by atoms with van der Waals surface area (Å²) >= 11 is 6.05. The molecule has 1 aliphatic rings. The molecule has 1 fully saturated rings. The number of rotatable bonds is 6. The van der Waals surface area contributed by atoms with Crippen LogP contribution < -0.4 is 10.2 Å². The van der Waals surface area contributed by atoms with Gasteiger partial charge in [-0.2, -0.15) is 0 Å². The van der Waals surface area contributed by atoms with Crippen LogP contribution in [0.15, 0.2) is 58.1 Å². The minimum absolute atomic E-state index is 0.121. The van der Waals surface area contributed by atoms with E-state index in [1.165, 1.54) is 12.3 Å². The van der Waals surface area contributed by atoms with Crippen LogP contribution in [0.25, 0.3) is 0 Å². The minimum atomic E-state index is -0.208. The Bertz CT molecular complexity index is 1180. The molecule has 1 amide bonds. The molecule has 0 spiro atoms. The van der Waals surface area contributed by atoms with Gasteiger partial charge in [-0.05, 0) is 31.5 Å². The number of carbonyl (C=O) groups is 1. The standard InChI is InChI=1S/C25H26ClN3O4/c1-17-10-18(2)12-19(11-17)15-33-23-16-32-20(13-22(23)30)14-28-6-8-29(9-7-28)25(31)21-4-3-5-27-24(21)26/h3-5,10-13,16H,6-9,14-15H2,1-2H3. The lowest BCUT2D eigenvalue weighted by Crippen LogP contribution is -2.48. The molecule has 4 rings (SSSR count). The highest BCUT2D eigenvalue weighted by atomic mass is 35.5. The van der Waals surface area contributed by atoms with Gasteiger partial charge in [0.05, 0.1) is 12.1 Å². The maximum atomic E-state index is 12.7. The molecule has 8 heteroatoms. The van der Waals surface area contributed by atoms with E-state index in [1.54, 1.807) is 23.2 Å². The third kappa shape index (κ3) is 5.80. The molecule has 3 aromatic rings. The molecular weight excluding hydrogens is 442 g/mol. The van der Waals surface area contributed by atoms with Crippen molar-refractivity contribution in [1.29, 1.82) is 0 Å². The summed E-state index contributed by atoms with van der Waals surface area (Å²) in [6.07, 6.45) is 2.94. The number of benzene rings is 1. The lowest BCUT2D eigenvalue weighted by Gasteiger charge is -2.34. The fraction of sp³-hybridized carbons (Fsp3) is 0.320. The van der Waals surface area contributed by atoms with E-state index in [0.29, 0.717) is 50.7 Å². The number of halogens is 1. The molecule has 1 saturated heterocycles. The van der Waals surface area contributed by atoms with Crippen LogP contribution in [0.1, 0.15) is 32.8 Å². The summed E-state index contributed by atoms with van der Waals surface area (Å²) in [5.74, 6) is 0.639. The first-order chi connectivity index (χ1) is 15.9. The molecule has 0 atom stereocenters. The Labute approximate surface area is 197 Å². The number of piperazine rings is 1. The smallest absolute Gasteiger partial charge is 0.257 e. The van der Waals surface area contributed by atoms with Crippen LogP contribution in [0.4, 0.5) is 0 Å². The number of aromatic nitrogens is 1. The van der Waals surface area contributed by atoms with Crippen molar-refractivity contribution in [3.8, 4) is 5.75 Å². The molecule has 0 N–H and O–H groups in total. The molecule has 1 aromatic carbocycles. The number of carbonyl (C=O) groups excluding carboxylic acids is 1. The molecule has 0 unspecified atom stereocenters. The highest BCUT2D eigenvalue weighted by molar-refractivity contribution is 6.32. The number of ether oxygens (including phenoxy) is 1. The normalized spacial score (nSPS) is 14.3. The van der Waals surface area contributed by atoms with Crippen LogP contribution in [0.5, 0.6) is 5.75 Å². The Kier molecular flexibility index (Phi) is 7.11. The van der Waals surface area contributed by atoms with E-state index >= 15 is 0 Å². The first-order valence-corrected chi connectivity index (χ1v) is 11.2. The maximum absolute atomic E-state index is 12.7. The molecule has 0 saturated carbocycles. The van der Waals surface area contributed by atoms with E-state index in [4.69, 9.17) is 20.8 Å². The van der Waals surface area contributed by atoms with Crippen molar-refractivity contribution in [2.24, 2.45) is 0 Å². The largest absolute Gasteiger partial charge is 0.482 e. The summed E-state index contributed by atoms with van der Waals surface area (Å²) in [5.41, 5.74) is 3.52. The van der Waals surface area contributed by atoms with Crippen molar-refractivity contribution in [3.63, 3.8) is 0 Å². The highest BCUT2D eigenvalue weighted by Crippen LogP contribution is 2.17. The Morgan fingerprint density at radius 2 is 1.85 bits per heavy atom. The molecule has 0 radical (unpaired) electrons. The fourth-order valence-electron chi connectivity index (χ4n) is 3.99. The van der Waals surface area contributed by atoms with E-state index in [2.05, 4.69) is 16.0 Å².